The number of halogens is 2. The number of nitro benzene ring substituents is 1. The molecule has 1 aromatic heterocycles. The molecule has 4 rings (SSSR count). The summed E-state index contributed by atoms with van der Waals surface area (Å²) in [6, 6.07) is 6.71. The van der Waals surface area contributed by atoms with Crippen LogP contribution < -0.4 is 14.9 Å². The molecule has 0 radical (unpaired) electrons. The molecule has 2 unspecified atom stereocenters. The molecule has 2 heterocycles. The summed E-state index contributed by atoms with van der Waals surface area (Å²) in [6.45, 7) is 0.681. The normalized spacial score (nSPS) is 18.0. The van der Waals surface area contributed by atoms with Crippen LogP contribution in [0, 0.1) is 10.1 Å². The minimum Gasteiger partial charge on any atom is -0.496 e. The van der Waals surface area contributed by atoms with E-state index in [-0.39, 0.29) is 63.8 Å². The molecule has 34 heavy (non-hydrogen) atoms. The Morgan fingerprint density at radius 1 is 1.24 bits per heavy atom. The van der Waals surface area contributed by atoms with Crippen molar-refractivity contribution in [1.82, 2.24) is 4.90 Å². The predicted molar refractivity (Wildman–Crippen MR) is 131 cm³/mol. The lowest BCUT2D eigenvalue weighted by molar-refractivity contribution is -0.384. The van der Waals surface area contributed by atoms with Crippen LogP contribution in [-0.4, -0.2) is 55.4 Å². The van der Waals surface area contributed by atoms with Gasteiger partial charge in [0, 0.05) is 47.4 Å². The zero-order valence-electron chi connectivity index (χ0n) is 18.7. The molecule has 0 saturated carbocycles. The van der Waals surface area contributed by atoms with Crippen LogP contribution in [0.3, 0.4) is 0 Å². The van der Waals surface area contributed by atoms with Crippen LogP contribution in [0.1, 0.15) is 17.9 Å². The third-order valence-electron chi connectivity index (χ3n) is 6.22. The largest absolute Gasteiger partial charge is 0.496 e. The van der Waals surface area contributed by atoms with Gasteiger partial charge in [-0.25, -0.2) is 0 Å². The summed E-state index contributed by atoms with van der Waals surface area (Å²) in [7, 11) is 4.90. The molecule has 1 aliphatic heterocycles. The van der Waals surface area contributed by atoms with Crippen molar-refractivity contribution >= 4 is 40.7 Å². The summed E-state index contributed by atoms with van der Waals surface area (Å²) < 4.78 is 17.3. The van der Waals surface area contributed by atoms with Gasteiger partial charge in [0.15, 0.2) is 5.43 Å². The summed E-state index contributed by atoms with van der Waals surface area (Å²) in [5.74, 6) is 0.783. The second-order valence-corrected chi connectivity index (χ2v) is 8.33. The average molecular weight is 511 g/mol. The number of likely N-dealkylation sites (tertiary alicyclic amines) is 1. The Balaban J connectivity index is 0.00000324. The molecule has 2 atom stereocenters. The highest BCUT2D eigenvalue weighted by atomic mass is 35.5. The fourth-order valence-electron chi connectivity index (χ4n) is 4.54. The number of nitrogens with zero attached hydrogens (tertiary/aromatic N) is 2. The summed E-state index contributed by atoms with van der Waals surface area (Å²) in [6.07, 6.45) is 0.728. The lowest BCUT2D eigenvalue weighted by Crippen LogP contribution is -2.32. The van der Waals surface area contributed by atoms with Gasteiger partial charge >= 0.3 is 0 Å². The molecule has 0 bridgehead atoms. The highest BCUT2D eigenvalue weighted by Gasteiger charge is 2.37. The average Bonchev–Trinajstić information content (AvgIpc) is 3.17. The van der Waals surface area contributed by atoms with E-state index in [1.165, 1.54) is 38.5 Å². The molecular formula is C23H24Cl2N2O7. The summed E-state index contributed by atoms with van der Waals surface area (Å²) in [5.41, 5.74) is 0.760. The van der Waals surface area contributed by atoms with E-state index in [2.05, 4.69) is 4.90 Å². The Morgan fingerprint density at radius 3 is 2.53 bits per heavy atom. The maximum atomic E-state index is 13.2. The fraction of sp³-hybridized carbons (Fsp3) is 0.348. The molecule has 0 spiro atoms. The predicted octanol–water partition coefficient (Wildman–Crippen LogP) is 4.24. The Morgan fingerprint density at radius 2 is 1.94 bits per heavy atom. The topological polar surface area (TPSA) is 115 Å². The number of nitro groups is 1. The van der Waals surface area contributed by atoms with Crippen molar-refractivity contribution in [3.8, 4) is 22.8 Å². The number of benzene rings is 2. The third kappa shape index (κ3) is 4.32. The third-order valence-corrected chi connectivity index (χ3v) is 6.53. The zero-order chi connectivity index (χ0) is 23.9. The molecule has 1 fully saturated rings. The highest BCUT2D eigenvalue weighted by Crippen LogP contribution is 2.45. The molecule has 1 saturated heterocycles. The van der Waals surface area contributed by atoms with Crippen LogP contribution in [0.15, 0.2) is 39.5 Å². The van der Waals surface area contributed by atoms with Crippen molar-refractivity contribution in [3.05, 3.63) is 61.3 Å². The molecule has 11 heteroatoms. The van der Waals surface area contributed by atoms with Crippen molar-refractivity contribution in [2.24, 2.45) is 0 Å². The molecule has 2 aromatic carbocycles. The Hall–Kier alpha value is -2.85. The minimum absolute atomic E-state index is 0. The van der Waals surface area contributed by atoms with Gasteiger partial charge in [-0.2, -0.15) is 0 Å². The molecule has 9 nitrogen and oxygen atoms in total. The lowest BCUT2D eigenvalue weighted by atomic mass is 9.89. The highest BCUT2D eigenvalue weighted by molar-refractivity contribution is 6.33. The van der Waals surface area contributed by atoms with Crippen molar-refractivity contribution in [2.75, 3.05) is 34.4 Å². The smallest absolute Gasteiger partial charge is 0.270 e. The number of methoxy groups -OCH3 is 2. The Labute approximate surface area is 206 Å². The van der Waals surface area contributed by atoms with E-state index in [4.69, 9.17) is 25.5 Å². The van der Waals surface area contributed by atoms with E-state index in [1.54, 1.807) is 6.07 Å². The second-order valence-electron chi connectivity index (χ2n) is 7.92. The minimum atomic E-state index is -0.550. The fourth-order valence-corrected chi connectivity index (χ4v) is 4.81. The van der Waals surface area contributed by atoms with E-state index in [1.807, 2.05) is 7.05 Å². The summed E-state index contributed by atoms with van der Waals surface area (Å²) in [4.78, 5) is 25.8. The molecule has 182 valence electrons. The van der Waals surface area contributed by atoms with Gasteiger partial charge in [0.1, 0.15) is 28.2 Å². The molecule has 1 aliphatic rings. The van der Waals surface area contributed by atoms with E-state index < -0.39 is 4.92 Å². The van der Waals surface area contributed by atoms with Crippen LogP contribution in [0.25, 0.3) is 22.3 Å². The number of rotatable bonds is 6. The second kappa shape index (κ2) is 10.2. The number of likely N-dealkylation sites (N-methyl/N-ethyl adjacent to an activating group) is 1. The van der Waals surface area contributed by atoms with Gasteiger partial charge in [0.05, 0.1) is 30.8 Å². The number of hydrogen-bond donors (Lipinski definition) is 1. The SMILES string of the molecule is COc1cc(OC)c2c(=O)cc(-c3ccc([N+](=O)[O-])cc3Cl)oc2c1C1CCN(C)C1CO.Cl. The summed E-state index contributed by atoms with van der Waals surface area (Å²) >= 11 is 6.30. The van der Waals surface area contributed by atoms with Gasteiger partial charge in [-0.05, 0) is 26.1 Å². The van der Waals surface area contributed by atoms with Gasteiger partial charge in [0.2, 0.25) is 0 Å². The van der Waals surface area contributed by atoms with Gasteiger partial charge in [-0.15, -0.1) is 12.4 Å². The number of ether oxygens (including phenoxy) is 2. The molecular weight excluding hydrogens is 487 g/mol. The molecule has 1 N–H and O–H groups in total. The number of aliphatic hydroxyl groups is 1. The van der Waals surface area contributed by atoms with Crippen LogP contribution in [0.5, 0.6) is 11.5 Å². The number of non-ortho nitro benzene ring substituents is 1. The van der Waals surface area contributed by atoms with Crippen LogP contribution in [0.4, 0.5) is 5.69 Å². The van der Waals surface area contributed by atoms with Gasteiger partial charge in [-0.3, -0.25) is 14.9 Å². The first-order valence-corrected chi connectivity index (χ1v) is 10.7. The summed E-state index contributed by atoms with van der Waals surface area (Å²) in [5, 5.41) is 21.4. The van der Waals surface area contributed by atoms with Gasteiger partial charge in [0.25, 0.3) is 5.69 Å². The van der Waals surface area contributed by atoms with Crippen LogP contribution in [-0.2, 0) is 0 Å². The quantitative estimate of drug-likeness (QED) is 0.386. The van der Waals surface area contributed by atoms with Crippen molar-refractivity contribution in [2.45, 2.75) is 18.4 Å². The van der Waals surface area contributed by atoms with E-state index >= 15 is 0 Å². The zero-order valence-corrected chi connectivity index (χ0v) is 20.3. The van der Waals surface area contributed by atoms with E-state index in [0.717, 1.165) is 13.0 Å². The Bertz CT molecular complexity index is 1290. The van der Waals surface area contributed by atoms with Crippen molar-refractivity contribution in [1.29, 1.82) is 0 Å². The maximum absolute atomic E-state index is 13.2. The first-order chi connectivity index (χ1) is 15.8. The standard InChI is InChI=1S/C23H23ClN2O7.ClH/c1-25-7-6-14(16(25)11-27)21-19(31-2)10-20(32-3)22-17(28)9-18(33-23(21)22)13-5-4-12(26(29)30)8-15(13)24;/h4-5,8-10,14,16,27H,6-7,11H2,1-3H3;1H. The van der Waals surface area contributed by atoms with Crippen molar-refractivity contribution < 1.29 is 23.9 Å². The first-order valence-electron chi connectivity index (χ1n) is 10.3. The number of aliphatic hydroxyl groups excluding tert-OH is 1. The monoisotopic (exact) mass is 510 g/mol. The van der Waals surface area contributed by atoms with E-state index in [9.17, 15) is 20.0 Å². The first kappa shape index (κ1) is 25.8. The maximum Gasteiger partial charge on any atom is 0.270 e. The molecule has 0 aliphatic carbocycles. The number of hydrogen-bond acceptors (Lipinski definition) is 8. The molecule has 0 amide bonds. The Kier molecular flexibility index (Phi) is 7.72. The van der Waals surface area contributed by atoms with Gasteiger partial charge in [-0.1, -0.05) is 11.6 Å². The lowest BCUT2D eigenvalue weighted by Gasteiger charge is -2.25. The van der Waals surface area contributed by atoms with Crippen molar-refractivity contribution in [3.63, 3.8) is 0 Å². The van der Waals surface area contributed by atoms with Crippen LogP contribution >= 0.6 is 24.0 Å². The molecule has 3 aromatic rings. The number of fused-ring (bicyclic) bond motifs is 1. The van der Waals surface area contributed by atoms with Crippen LogP contribution in [0.2, 0.25) is 5.02 Å². The van der Waals surface area contributed by atoms with Gasteiger partial charge < -0.3 is 23.9 Å². The van der Waals surface area contributed by atoms with E-state index in [0.29, 0.717) is 22.6 Å².